The van der Waals surface area contributed by atoms with Gasteiger partial charge >= 0.3 is 0 Å². The van der Waals surface area contributed by atoms with Crippen LogP contribution in [-0.2, 0) is 19.9 Å². The molecule has 1 aliphatic heterocycles. The van der Waals surface area contributed by atoms with E-state index in [0.29, 0.717) is 0 Å². The highest BCUT2D eigenvalue weighted by Gasteiger charge is 2.29. The van der Waals surface area contributed by atoms with Crippen molar-refractivity contribution >= 4 is 35.8 Å². The number of hydrogen-bond donors (Lipinski definition) is 0. The summed E-state index contributed by atoms with van der Waals surface area (Å²) in [5.41, 5.74) is 0. The second-order valence-corrected chi connectivity index (χ2v) is 9.58. The largest absolute Gasteiger partial charge is 0.243 e. The molecule has 1 heterocycles. The van der Waals surface area contributed by atoms with Gasteiger partial charge in [0.2, 0.25) is 10.0 Å². The monoisotopic (exact) mass is 385 g/mol. The first kappa shape index (κ1) is 15.9. The zero-order valence-electron chi connectivity index (χ0n) is 10.4. The predicted octanol–water partition coefficient (Wildman–Crippen LogP) is 1.40. The molecule has 1 aromatic rings. The van der Waals surface area contributed by atoms with Crippen LogP contribution in [0.5, 0.6) is 0 Å². The number of rotatable bonds is 2. The van der Waals surface area contributed by atoms with Crippen LogP contribution in [0.1, 0.15) is 6.42 Å². The van der Waals surface area contributed by atoms with E-state index in [-0.39, 0.29) is 40.4 Å². The fraction of sp³-hybridized carbons (Fsp3) is 0.455. The second kappa shape index (κ2) is 5.70. The SMILES string of the molecule is O=S1(=O)CCCN(S(=O)(=O)c2ccc(Br)c(F)c2)CC1. The molecule has 20 heavy (non-hydrogen) atoms. The summed E-state index contributed by atoms with van der Waals surface area (Å²) in [6.45, 7) is 0.0294. The van der Waals surface area contributed by atoms with Crippen molar-refractivity contribution in [2.75, 3.05) is 24.6 Å². The normalized spacial score (nSPS) is 20.5. The van der Waals surface area contributed by atoms with E-state index >= 15 is 0 Å². The highest BCUT2D eigenvalue weighted by atomic mass is 79.9. The number of nitrogens with zero attached hydrogens (tertiary/aromatic N) is 1. The maximum atomic E-state index is 13.5. The molecule has 0 atom stereocenters. The van der Waals surface area contributed by atoms with Gasteiger partial charge in [-0.25, -0.2) is 21.2 Å². The molecule has 0 aliphatic carbocycles. The lowest BCUT2D eigenvalue weighted by molar-refractivity contribution is 0.434. The Labute approximate surface area is 125 Å². The fourth-order valence-electron chi connectivity index (χ4n) is 1.94. The molecule has 0 aromatic heterocycles. The summed E-state index contributed by atoms with van der Waals surface area (Å²) < 4.78 is 62.4. The van der Waals surface area contributed by atoms with Crippen LogP contribution in [0, 0.1) is 5.82 Å². The van der Waals surface area contributed by atoms with Crippen LogP contribution < -0.4 is 0 Å². The molecule has 9 heteroatoms. The van der Waals surface area contributed by atoms with Crippen LogP contribution >= 0.6 is 15.9 Å². The standard InChI is InChI=1S/C11H13BrFNO4S2/c12-10-3-2-9(8-11(10)13)20(17,18)14-4-1-6-19(15,16)7-5-14/h2-3,8H,1,4-7H2. The van der Waals surface area contributed by atoms with Gasteiger partial charge in [-0.15, -0.1) is 0 Å². The van der Waals surface area contributed by atoms with E-state index < -0.39 is 25.7 Å². The molecule has 0 amide bonds. The van der Waals surface area contributed by atoms with Crippen LogP contribution in [-0.4, -0.2) is 45.7 Å². The number of benzene rings is 1. The quantitative estimate of drug-likeness (QED) is 0.771. The topological polar surface area (TPSA) is 71.5 Å². The van der Waals surface area contributed by atoms with E-state index in [2.05, 4.69) is 15.9 Å². The number of halogens is 2. The maximum absolute atomic E-state index is 13.5. The van der Waals surface area contributed by atoms with Gasteiger partial charge in [0, 0.05) is 13.1 Å². The van der Waals surface area contributed by atoms with Crippen molar-refractivity contribution < 1.29 is 21.2 Å². The molecule has 1 fully saturated rings. The Balaban J connectivity index is 2.32. The molecule has 0 saturated carbocycles. The Bertz CT molecular complexity index is 718. The van der Waals surface area contributed by atoms with E-state index in [9.17, 15) is 21.2 Å². The van der Waals surface area contributed by atoms with Gasteiger partial charge in [-0.1, -0.05) is 0 Å². The third-order valence-corrected chi connectivity index (χ3v) is 7.30. The molecule has 2 rings (SSSR count). The molecule has 112 valence electrons. The van der Waals surface area contributed by atoms with E-state index in [0.717, 1.165) is 10.4 Å². The summed E-state index contributed by atoms with van der Waals surface area (Å²) in [6, 6.07) is 3.54. The van der Waals surface area contributed by atoms with Gasteiger partial charge in [0.15, 0.2) is 9.84 Å². The molecule has 0 radical (unpaired) electrons. The Morgan fingerprint density at radius 2 is 1.90 bits per heavy atom. The molecule has 0 unspecified atom stereocenters. The lowest BCUT2D eigenvalue weighted by Gasteiger charge is -2.19. The smallest absolute Gasteiger partial charge is 0.229 e. The highest BCUT2D eigenvalue weighted by Crippen LogP contribution is 2.23. The summed E-state index contributed by atoms with van der Waals surface area (Å²) in [5.74, 6) is -0.896. The zero-order valence-corrected chi connectivity index (χ0v) is 13.6. The van der Waals surface area contributed by atoms with Crippen LogP contribution in [0.15, 0.2) is 27.6 Å². The average Bonchev–Trinajstić information content (AvgIpc) is 2.54. The van der Waals surface area contributed by atoms with E-state index in [1.807, 2.05) is 0 Å². The third-order valence-electron chi connectivity index (χ3n) is 3.04. The Morgan fingerprint density at radius 3 is 2.55 bits per heavy atom. The van der Waals surface area contributed by atoms with Gasteiger partial charge in [-0.05, 0) is 40.5 Å². The van der Waals surface area contributed by atoms with Crippen molar-refractivity contribution in [2.45, 2.75) is 11.3 Å². The predicted molar refractivity (Wildman–Crippen MR) is 76.1 cm³/mol. The minimum Gasteiger partial charge on any atom is -0.229 e. The molecule has 1 aromatic carbocycles. The van der Waals surface area contributed by atoms with Gasteiger partial charge in [-0.3, -0.25) is 0 Å². The van der Waals surface area contributed by atoms with Gasteiger partial charge in [0.1, 0.15) is 5.82 Å². The van der Waals surface area contributed by atoms with Gasteiger partial charge in [0.05, 0.1) is 20.9 Å². The van der Waals surface area contributed by atoms with E-state index in [4.69, 9.17) is 0 Å². The van der Waals surface area contributed by atoms with E-state index in [1.54, 1.807) is 0 Å². The third kappa shape index (κ3) is 3.38. The van der Waals surface area contributed by atoms with Gasteiger partial charge < -0.3 is 0 Å². The number of sulfone groups is 1. The van der Waals surface area contributed by atoms with Crippen molar-refractivity contribution in [3.8, 4) is 0 Å². The molecular formula is C11H13BrFNO4S2. The number of sulfonamides is 1. The molecule has 0 bridgehead atoms. The average molecular weight is 386 g/mol. The Morgan fingerprint density at radius 1 is 1.20 bits per heavy atom. The van der Waals surface area contributed by atoms with Crippen molar-refractivity contribution in [2.24, 2.45) is 0 Å². The zero-order chi connectivity index (χ0) is 15.0. The molecule has 5 nitrogen and oxygen atoms in total. The Hall–Kier alpha value is -0.510. The van der Waals surface area contributed by atoms with Gasteiger partial charge in [-0.2, -0.15) is 4.31 Å². The van der Waals surface area contributed by atoms with Crippen molar-refractivity contribution in [3.63, 3.8) is 0 Å². The summed E-state index contributed by atoms with van der Waals surface area (Å²) in [6.07, 6.45) is 0.251. The van der Waals surface area contributed by atoms with Crippen molar-refractivity contribution in [1.29, 1.82) is 0 Å². The summed E-state index contributed by atoms with van der Waals surface area (Å²) >= 11 is 2.96. The second-order valence-electron chi connectivity index (χ2n) is 4.49. The minimum absolute atomic E-state index is 0.0201. The molecule has 1 aliphatic rings. The van der Waals surface area contributed by atoms with Crippen molar-refractivity contribution in [1.82, 2.24) is 4.31 Å². The molecule has 0 N–H and O–H groups in total. The lowest BCUT2D eigenvalue weighted by Crippen LogP contribution is -2.33. The van der Waals surface area contributed by atoms with E-state index in [1.165, 1.54) is 12.1 Å². The maximum Gasteiger partial charge on any atom is 0.243 e. The van der Waals surface area contributed by atoms with Crippen LogP contribution in [0.3, 0.4) is 0 Å². The molecular weight excluding hydrogens is 373 g/mol. The highest BCUT2D eigenvalue weighted by molar-refractivity contribution is 9.10. The van der Waals surface area contributed by atoms with Crippen molar-refractivity contribution in [3.05, 3.63) is 28.5 Å². The van der Waals surface area contributed by atoms with Crippen LogP contribution in [0.2, 0.25) is 0 Å². The Kier molecular flexibility index (Phi) is 4.53. The fourth-order valence-corrected chi connectivity index (χ4v) is 5.07. The summed E-state index contributed by atoms with van der Waals surface area (Å²) in [4.78, 5) is -0.169. The minimum atomic E-state index is -3.87. The van der Waals surface area contributed by atoms with Crippen LogP contribution in [0.25, 0.3) is 0 Å². The molecule has 0 spiro atoms. The summed E-state index contributed by atoms with van der Waals surface area (Å²) in [5, 5.41) is 0. The molecule has 1 saturated heterocycles. The first-order valence-corrected chi connectivity index (χ1v) is 9.93. The van der Waals surface area contributed by atoms with Crippen LogP contribution in [0.4, 0.5) is 4.39 Å². The van der Waals surface area contributed by atoms with Gasteiger partial charge in [0.25, 0.3) is 0 Å². The first-order valence-electron chi connectivity index (χ1n) is 5.88. The number of hydrogen-bond acceptors (Lipinski definition) is 4. The lowest BCUT2D eigenvalue weighted by atomic mass is 10.3. The first-order chi connectivity index (χ1) is 9.22. The summed E-state index contributed by atoms with van der Waals surface area (Å²) in [7, 11) is -7.06.